The number of likely N-dealkylation sites (tertiary alicyclic amines) is 1. The Hall–Kier alpha value is -0.870. The largest absolute Gasteiger partial charge is 0.480 e. The molecule has 4 heteroatoms. The molecule has 1 aliphatic rings. The number of hydrogen-bond acceptors (Lipinski definition) is 2. The van der Waals surface area contributed by atoms with Crippen LogP contribution in [0.2, 0.25) is 0 Å². The highest BCUT2D eigenvalue weighted by molar-refractivity contribution is 9.10. The third-order valence-electron chi connectivity index (χ3n) is 3.85. The second-order valence-corrected chi connectivity index (χ2v) is 5.98. The predicted molar refractivity (Wildman–Crippen MR) is 79.2 cm³/mol. The first-order valence-corrected chi connectivity index (χ1v) is 7.66. The Labute approximate surface area is 122 Å². The lowest BCUT2D eigenvalue weighted by Gasteiger charge is -2.39. The fraction of sp³-hybridized carbons (Fsp3) is 0.533. The number of rotatable bonds is 4. The van der Waals surface area contributed by atoms with Crippen molar-refractivity contribution in [3.8, 4) is 0 Å². The Morgan fingerprint density at radius 3 is 2.95 bits per heavy atom. The van der Waals surface area contributed by atoms with Gasteiger partial charge in [-0.1, -0.05) is 41.4 Å². The molecule has 0 aromatic heterocycles. The van der Waals surface area contributed by atoms with Crippen LogP contribution in [-0.4, -0.2) is 28.6 Å². The van der Waals surface area contributed by atoms with Crippen LogP contribution >= 0.6 is 15.9 Å². The minimum Gasteiger partial charge on any atom is -0.480 e. The first-order valence-electron chi connectivity index (χ1n) is 6.87. The highest BCUT2D eigenvalue weighted by Gasteiger charge is 2.33. The molecule has 1 aromatic carbocycles. The maximum absolute atomic E-state index is 11.4. The molecule has 0 amide bonds. The van der Waals surface area contributed by atoms with Gasteiger partial charge in [0.15, 0.2) is 0 Å². The number of carbonyl (C=O) groups is 1. The molecule has 0 aliphatic carbocycles. The summed E-state index contributed by atoms with van der Waals surface area (Å²) in [5.74, 6) is -0.687. The first-order chi connectivity index (χ1) is 9.13. The Balaban J connectivity index is 2.26. The first kappa shape index (κ1) is 14.5. The average Bonchev–Trinajstić information content (AvgIpc) is 2.40. The van der Waals surface area contributed by atoms with Crippen LogP contribution in [0, 0.1) is 0 Å². The van der Waals surface area contributed by atoms with E-state index in [1.807, 2.05) is 12.1 Å². The SMILES string of the molecule is CCC(c1cccc(Br)c1)N1CCCCC1C(=O)O. The second-order valence-electron chi connectivity index (χ2n) is 5.07. The average molecular weight is 326 g/mol. The Morgan fingerprint density at radius 2 is 2.32 bits per heavy atom. The third kappa shape index (κ3) is 3.37. The number of aliphatic carboxylic acids is 1. The Kier molecular flexibility index (Phi) is 4.99. The van der Waals surface area contributed by atoms with Crippen molar-refractivity contribution in [2.24, 2.45) is 0 Å². The van der Waals surface area contributed by atoms with Gasteiger partial charge in [-0.2, -0.15) is 0 Å². The molecule has 2 unspecified atom stereocenters. The summed E-state index contributed by atoms with van der Waals surface area (Å²) < 4.78 is 1.05. The summed E-state index contributed by atoms with van der Waals surface area (Å²) in [6.07, 6.45) is 3.80. The molecule has 1 heterocycles. The van der Waals surface area contributed by atoms with E-state index < -0.39 is 5.97 Å². The van der Waals surface area contributed by atoms with Gasteiger partial charge >= 0.3 is 5.97 Å². The summed E-state index contributed by atoms with van der Waals surface area (Å²) in [7, 11) is 0. The topological polar surface area (TPSA) is 40.5 Å². The smallest absolute Gasteiger partial charge is 0.320 e. The Morgan fingerprint density at radius 1 is 1.53 bits per heavy atom. The number of piperidine rings is 1. The lowest BCUT2D eigenvalue weighted by molar-refractivity contribution is -0.146. The molecule has 0 bridgehead atoms. The number of carboxylic acids is 1. The molecule has 104 valence electrons. The quantitative estimate of drug-likeness (QED) is 0.914. The standard InChI is InChI=1S/C15H20BrNO2/c1-2-13(11-6-5-7-12(16)10-11)17-9-4-3-8-14(17)15(18)19/h5-7,10,13-14H,2-4,8-9H2,1H3,(H,18,19). The molecule has 1 aliphatic heterocycles. The van der Waals surface area contributed by atoms with Crippen LogP contribution in [0.4, 0.5) is 0 Å². The molecule has 0 spiro atoms. The molecule has 0 radical (unpaired) electrons. The van der Waals surface area contributed by atoms with Crippen LogP contribution in [0.15, 0.2) is 28.7 Å². The normalized spacial score (nSPS) is 22.1. The van der Waals surface area contributed by atoms with Crippen molar-refractivity contribution in [2.45, 2.75) is 44.7 Å². The van der Waals surface area contributed by atoms with Crippen molar-refractivity contribution < 1.29 is 9.90 Å². The van der Waals surface area contributed by atoms with Crippen LogP contribution in [-0.2, 0) is 4.79 Å². The van der Waals surface area contributed by atoms with Crippen molar-refractivity contribution >= 4 is 21.9 Å². The van der Waals surface area contributed by atoms with Gasteiger partial charge in [0, 0.05) is 10.5 Å². The molecule has 2 atom stereocenters. The molecule has 1 aromatic rings. The molecule has 3 nitrogen and oxygen atoms in total. The zero-order valence-electron chi connectivity index (χ0n) is 11.2. The van der Waals surface area contributed by atoms with Gasteiger partial charge in [0.1, 0.15) is 6.04 Å². The number of nitrogens with zero attached hydrogens (tertiary/aromatic N) is 1. The van der Waals surface area contributed by atoms with Gasteiger partial charge in [0.25, 0.3) is 0 Å². The van der Waals surface area contributed by atoms with E-state index in [2.05, 4.69) is 39.9 Å². The predicted octanol–water partition coefficient (Wildman–Crippen LogP) is 3.84. The van der Waals surface area contributed by atoms with Gasteiger partial charge in [-0.25, -0.2) is 0 Å². The third-order valence-corrected chi connectivity index (χ3v) is 4.34. The molecular weight excluding hydrogens is 306 g/mol. The highest BCUT2D eigenvalue weighted by Crippen LogP contribution is 2.32. The number of halogens is 1. The molecule has 1 N–H and O–H groups in total. The van der Waals surface area contributed by atoms with E-state index in [0.29, 0.717) is 0 Å². The Bertz CT molecular complexity index is 450. The van der Waals surface area contributed by atoms with E-state index in [9.17, 15) is 9.90 Å². The number of hydrogen-bond donors (Lipinski definition) is 1. The van der Waals surface area contributed by atoms with Crippen LogP contribution in [0.5, 0.6) is 0 Å². The number of benzene rings is 1. The summed E-state index contributed by atoms with van der Waals surface area (Å²) >= 11 is 3.49. The molecule has 1 fully saturated rings. The lowest BCUT2D eigenvalue weighted by atomic mass is 9.95. The van der Waals surface area contributed by atoms with E-state index in [0.717, 1.165) is 36.7 Å². The van der Waals surface area contributed by atoms with E-state index in [4.69, 9.17) is 0 Å². The van der Waals surface area contributed by atoms with E-state index in [-0.39, 0.29) is 12.1 Å². The molecule has 19 heavy (non-hydrogen) atoms. The van der Waals surface area contributed by atoms with Crippen molar-refractivity contribution in [3.05, 3.63) is 34.3 Å². The number of carboxylic acid groups (broad SMARTS) is 1. The van der Waals surface area contributed by atoms with Crippen LogP contribution in [0.1, 0.15) is 44.2 Å². The molecule has 1 saturated heterocycles. The fourth-order valence-corrected chi connectivity index (χ4v) is 3.38. The van der Waals surface area contributed by atoms with E-state index in [1.165, 1.54) is 5.56 Å². The lowest BCUT2D eigenvalue weighted by Crippen LogP contribution is -2.46. The summed E-state index contributed by atoms with van der Waals surface area (Å²) in [5, 5.41) is 9.40. The molecule has 2 rings (SSSR count). The minimum absolute atomic E-state index is 0.193. The maximum atomic E-state index is 11.4. The van der Waals surface area contributed by atoms with Crippen molar-refractivity contribution in [1.82, 2.24) is 4.90 Å². The van der Waals surface area contributed by atoms with Gasteiger partial charge < -0.3 is 5.11 Å². The zero-order valence-corrected chi connectivity index (χ0v) is 12.8. The van der Waals surface area contributed by atoms with Crippen molar-refractivity contribution in [3.63, 3.8) is 0 Å². The highest BCUT2D eigenvalue weighted by atomic mass is 79.9. The van der Waals surface area contributed by atoms with Crippen LogP contribution < -0.4 is 0 Å². The van der Waals surface area contributed by atoms with E-state index >= 15 is 0 Å². The van der Waals surface area contributed by atoms with Crippen LogP contribution in [0.25, 0.3) is 0 Å². The van der Waals surface area contributed by atoms with Gasteiger partial charge in [-0.3, -0.25) is 9.69 Å². The summed E-state index contributed by atoms with van der Waals surface area (Å²) in [6.45, 7) is 3.00. The van der Waals surface area contributed by atoms with Gasteiger partial charge in [-0.15, -0.1) is 0 Å². The van der Waals surface area contributed by atoms with Crippen molar-refractivity contribution in [1.29, 1.82) is 0 Å². The van der Waals surface area contributed by atoms with Gasteiger partial charge in [-0.05, 0) is 43.5 Å². The second kappa shape index (κ2) is 6.53. The maximum Gasteiger partial charge on any atom is 0.320 e. The van der Waals surface area contributed by atoms with Gasteiger partial charge in [0.2, 0.25) is 0 Å². The summed E-state index contributed by atoms with van der Waals surface area (Å²) in [6, 6.07) is 8.06. The van der Waals surface area contributed by atoms with Gasteiger partial charge in [0.05, 0.1) is 0 Å². The summed E-state index contributed by atoms with van der Waals surface area (Å²) in [5.41, 5.74) is 1.20. The fourth-order valence-electron chi connectivity index (χ4n) is 2.97. The summed E-state index contributed by atoms with van der Waals surface area (Å²) in [4.78, 5) is 13.6. The zero-order chi connectivity index (χ0) is 13.8. The monoisotopic (exact) mass is 325 g/mol. The minimum atomic E-state index is -0.687. The van der Waals surface area contributed by atoms with E-state index in [1.54, 1.807) is 0 Å². The molecular formula is C15H20BrNO2. The molecule has 0 saturated carbocycles. The van der Waals surface area contributed by atoms with Crippen LogP contribution in [0.3, 0.4) is 0 Å². The van der Waals surface area contributed by atoms with Crippen molar-refractivity contribution in [2.75, 3.05) is 6.54 Å².